The summed E-state index contributed by atoms with van der Waals surface area (Å²) in [6.45, 7) is 1.00. The van der Waals surface area contributed by atoms with Crippen LogP contribution in [0.4, 0.5) is 26.3 Å². The van der Waals surface area contributed by atoms with Crippen molar-refractivity contribution in [3.63, 3.8) is 0 Å². The third-order valence-corrected chi connectivity index (χ3v) is 6.23. The fourth-order valence-corrected chi connectivity index (χ4v) is 4.41. The molecule has 4 rings (SSSR count). The molecule has 0 unspecified atom stereocenters. The zero-order valence-electron chi connectivity index (χ0n) is 19.0. The van der Waals surface area contributed by atoms with Crippen molar-refractivity contribution in [1.82, 2.24) is 24.7 Å². The summed E-state index contributed by atoms with van der Waals surface area (Å²) in [7, 11) is 0. The predicted octanol–water partition coefficient (Wildman–Crippen LogP) is 1.67. The van der Waals surface area contributed by atoms with Crippen molar-refractivity contribution in [3.05, 3.63) is 52.4 Å². The van der Waals surface area contributed by atoms with Gasteiger partial charge in [-0.2, -0.15) is 13.2 Å². The number of rotatable bonds is 5. The zero-order valence-corrected chi connectivity index (χ0v) is 19.0. The summed E-state index contributed by atoms with van der Waals surface area (Å²) < 4.78 is 82.3. The molecule has 8 nitrogen and oxygen atoms in total. The van der Waals surface area contributed by atoms with Crippen LogP contribution in [0.3, 0.4) is 0 Å². The van der Waals surface area contributed by atoms with Crippen molar-refractivity contribution in [2.45, 2.75) is 38.1 Å². The second-order valence-corrected chi connectivity index (χ2v) is 8.76. The molecule has 0 bridgehead atoms. The quantitative estimate of drug-likeness (QED) is 0.464. The van der Waals surface area contributed by atoms with E-state index in [1.165, 1.54) is 9.80 Å². The van der Waals surface area contributed by atoms with Crippen molar-refractivity contribution in [3.8, 4) is 0 Å². The molecule has 3 heterocycles. The molecule has 0 aliphatic carbocycles. The molecule has 2 aliphatic rings. The van der Waals surface area contributed by atoms with Crippen molar-refractivity contribution in [2.75, 3.05) is 32.7 Å². The van der Waals surface area contributed by atoms with Crippen LogP contribution in [0.15, 0.2) is 12.1 Å². The van der Waals surface area contributed by atoms with Gasteiger partial charge < -0.3 is 25.4 Å². The summed E-state index contributed by atoms with van der Waals surface area (Å²) in [5.74, 6) is -5.99. The Hall–Kier alpha value is -3.13. The molecular formula is C22H24F6N6O2. The van der Waals surface area contributed by atoms with E-state index in [1.54, 1.807) is 0 Å². The molecule has 0 spiro atoms. The number of nitrogens with zero attached hydrogens (tertiary/aromatic N) is 4. The minimum absolute atomic E-state index is 0.0225. The van der Waals surface area contributed by atoms with Gasteiger partial charge in [-0.25, -0.2) is 18.2 Å². The van der Waals surface area contributed by atoms with Crippen LogP contribution in [0, 0.1) is 17.5 Å². The highest BCUT2D eigenvalue weighted by atomic mass is 19.4. The van der Waals surface area contributed by atoms with E-state index < -0.39 is 47.3 Å². The van der Waals surface area contributed by atoms with Gasteiger partial charge in [0.25, 0.3) is 5.91 Å². The lowest BCUT2D eigenvalue weighted by molar-refractivity contribution is -0.148. The first-order valence-electron chi connectivity index (χ1n) is 11.3. The van der Waals surface area contributed by atoms with E-state index >= 15 is 0 Å². The number of aromatic nitrogens is 2. The summed E-state index contributed by atoms with van der Waals surface area (Å²) in [5, 5.41) is 3.05. The number of amides is 2. The van der Waals surface area contributed by atoms with E-state index in [0.717, 1.165) is 4.57 Å². The number of hydrogen-bond donors (Lipinski definition) is 2. The average molecular weight is 518 g/mol. The normalized spacial score (nSPS) is 17.2. The first-order valence-corrected chi connectivity index (χ1v) is 11.3. The number of fused-ring (bicyclic) bond motifs is 1. The highest BCUT2D eigenvalue weighted by Crippen LogP contribution is 2.33. The fraction of sp³-hybridized carbons (Fsp3) is 0.500. The number of nitrogens with two attached hydrogens (primary N) is 1. The Balaban J connectivity index is 1.51. The lowest BCUT2D eigenvalue weighted by atomic mass is 10.0. The lowest BCUT2D eigenvalue weighted by Crippen LogP contribution is -2.47. The second kappa shape index (κ2) is 10.1. The number of carbonyl (C=O) groups excluding carboxylic acids is 2. The zero-order chi connectivity index (χ0) is 26.2. The summed E-state index contributed by atoms with van der Waals surface area (Å²) in [6, 6.07) is 0.0952. The van der Waals surface area contributed by atoms with E-state index in [-0.39, 0.29) is 49.4 Å². The van der Waals surface area contributed by atoms with Gasteiger partial charge in [-0.15, -0.1) is 0 Å². The molecule has 1 aromatic carbocycles. The van der Waals surface area contributed by atoms with Gasteiger partial charge in [-0.3, -0.25) is 9.59 Å². The molecule has 2 aromatic rings. The van der Waals surface area contributed by atoms with Gasteiger partial charge in [0.1, 0.15) is 5.82 Å². The van der Waals surface area contributed by atoms with Gasteiger partial charge in [0, 0.05) is 57.8 Å². The molecule has 2 amide bonds. The van der Waals surface area contributed by atoms with Gasteiger partial charge in [-0.1, -0.05) is 0 Å². The monoisotopic (exact) mass is 518 g/mol. The van der Waals surface area contributed by atoms with Crippen LogP contribution >= 0.6 is 0 Å². The van der Waals surface area contributed by atoms with E-state index in [0.29, 0.717) is 38.3 Å². The molecule has 196 valence electrons. The number of piperazine rings is 1. The minimum atomic E-state index is -4.79. The Kier molecular flexibility index (Phi) is 7.27. The molecule has 0 saturated carbocycles. The fourth-order valence-electron chi connectivity index (χ4n) is 4.41. The van der Waals surface area contributed by atoms with Crippen molar-refractivity contribution in [1.29, 1.82) is 0 Å². The number of benzene rings is 1. The molecule has 2 aliphatic heterocycles. The van der Waals surface area contributed by atoms with Gasteiger partial charge in [0.15, 0.2) is 17.3 Å². The topological polar surface area (TPSA) is 96.5 Å². The van der Waals surface area contributed by atoms with E-state index in [1.807, 2.05) is 0 Å². The maximum absolute atomic E-state index is 13.9. The van der Waals surface area contributed by atoms with Crippen LogP contribution in [0.25, 0.3) is 0 Å². The van der Waals surface area contributed by atoms with Crippen LogP contribution in [0.5, 0.6) is 0 Å². The molecule has 1 saturated heterocycles. The molecule has 3 N–H and O–H groups in total. The van der Waals surface area contributed by atoms with Crippen molar-refractivity contribution >= 4 is 11.8 Å². The Morgan fingerprint density at radius 1 is 1.00 bits per heavy atom. The van der Waals surface area contributed by atoms with E-state index in [2.05, 4.69) is 10.3 Å². The first kappa shape index (κ1) is 25.9. The molecule has 14 heteroatoms. The van der Waals surface area contributed by atoms with Gasteiger partial charge in [0.05, 0.1) is 12.2 Å². The summed E-state index contributed by atoms with van der Waals surface area (Å²) in [6.07, 6.45) is -5.37. The lowest BCUT2D eigenvalue weighted by Gasteiger charge is -2.31. The number of imidazole rings is 1. The highest BCUT2D eigenvalue weighted by Gasteiger charge is 2.42. The smallest absolute Gasteiger partial charge is 0.335 e. The summed E-state index contributed by atoms with van der Waals surface area (Å²) >= 11 is 0. The summed E-state index contributed by atoms with van der Waals surface area (Å²) in [4.78, 5) is 32.2. The number of alkyl halides is 3. The Morgan fingerprint density at radius 2 is 1.67 bits per heavy atom. The number of hydrogen-bond acceptors (Lipinski definition) is 5. The van der Waals surface area contributed by atoms with Crippen molar-refractivity contribution < 1.29 is 35.9 Å². The maximum Gasteiger partial charge on any atom is 0.449 e. The van der Waals surface area contributed by atoms with Crippen LogP contribution < -0.4 is 11.1 Å². The van der Waals surface area contributed by atoms with Crippen LogP contribution in [-0.2, 0) is 30.5 Å². The maximum atomic E-state index is 13.9. The third kappa shape index (κ3) is 5.33. The number of nitrogens with one attached hydrogen (secondary N) is 1. The van der Waals surface area contributed by atoms with Crippen LogP contribution in [0.2, 0.25) is 0 Å². The van der Waals surface area contributed by atoms with Gasteiger partial charge in [-0.05, 0) is 18.1 Å². The largest absolute Gasteiger partial charge is 0.449 e. The molecule has 1 fully saturated rings. The first-order chi connectivity index (χ1) is 17.0. The van der Waals surface area contributed by atoms with Gasteiger partial charge >= 0.3 is 6.18 Å². The number of carbonyl (C=O) groups is 2. The molecule has 1 atom stereocenters. The average Bonchev–Trinajstić information content (AvgIpc) is 3.22. The second-order valence-electron chi connectivity index (χ2n) is 8.76. The van der Waals surface area contributed by atoms with Crippen LogP contribution in [0.1, 0.15) is 34.0 Å². The molecule has 36 heavy (non-hydrogen) atoms. The highest BCUT2D eigenvalue weighted by molar-refractivity contribution is 5.94. The van der Waals surface area contributed by atoms with E-state index in [4.69, 9.17) is 5.73 Å². The Bertz CT molecular complexity index is 1160. The third-order valence-electron chi connectivity index (χ3n) is 6.23. The molecule has 0 radical (unpaired) electrons. The van der Waals surface area contributed by atoms with E-state index in [9.17, 15) is 35.9 Å². The SMILES string of the molecule is N[C@@H](CC(=O)N1CCn2c(C(F)(F)F)nc(C(=O)N3CCNCC3)c2C1)Cc1cc(F)c(F)cc1F. The molecule has 1 aromatic heterocycles. The Labute approximate surface area is 202 Å². The minimum Gasteiger partial charge on any atom is -0.335 e. The predicted molar refractivity (Wildman–Crippen MR) is 114 cm³/mol. The Morgan fingerprint density at radius 3 is 2.33 bits per heavy atom. The standard InChI is InChI=1S/C22H24F6N6O2/c23-14-10-16(25)15(24)8-12(14)7-13(29)9-18(35)33-5-6-34-17(11-33)19(31-21(34)22(26,27)28)20(36)32-3-1-30-2-4-32/h8,10,13,30H,1-7,9,11,29H2/t13-/m1/s1. The molecular weight excluding hydrogens is 494 g/mol. The van der Waals surface area contributed by atoms with Crippen LogP contribution in [-0.4, -0.2) is 69.9 Å². The summed E-state index contributed by atoms with van der Waals surface area (Å²) in [5.41, 5.74) is 5.36. The number of halogens is 6. The van der Waals surface area contributed by atoms with Gasteiger partial charge in [0.2, 0.25) is 11.7 Å². The van der Waals surface area contributed by atoms with Crippen molar-refractivity contribution in [2.24, 2.45) is 5.73 Å².